The minimum atomic E-state index is -1.09. The van der Waals surface area contributed by atoms with Crippen LogP contribution < -0.4 is 5.32 Å². The average Bonchev–Trinajstić information content (AvgIpc) is 2.79. The molecule has 2 saturated heterocycles. The fourth-order valence-corrected chi connectivity index (χ4v) is 5.39. The van der Waals surface area contributed by atoms with Crippen molar-refractivity contribution in [2.24, 2.45) is 11.8 Å². The Bertz CT molecular complexity index is 613. The van der Waals surface area contributed by atoms with E-state index in [2.05, 4.69) is 12.2 Å². The van der Waals surface area contributed by atoms with Gasteiger partial charge in [-0.25, -0.2) is 0 Å². The Morgan fingerprint density at radius 2 is 1.44 bits per heavy atom. The van der Waals surface area contributed by atoms with Crippen molar-refractivity contribution in [1.29, 1.82) is 0 Å². The van der Waals surface area contributed by atoms with Crippen molar-refractivity contribution in [3.05, 3.63) is 0 Å². The van der Waals surface area contributed by atoms with Gasteiger partial charge in [-0.3, -0.25) is 0 Å². The number of hydrogen-bond acceptors (Lipinski definition) is 10. The average molecular weight is 492 g/mol. The summed E-state index contributed by atoms with van der Waals surface area (Å²) < 4.78 is 24.1. The van der Waals surface area contributed by atoms with Crippen LogP contribution in [0.25, 0.3) is 0 Å². The molecule has 0 aromatic carbocycles. The Labute approximate surface area is 202 Å². The number of nitrogens with one attached hydrogen (secondary N) is 1. The lowest BCUT2D eigenvalue weighted by molar-refractivity contribution is -0.319. The normalized spacial score (nSPS) is 48.1. The highest BCUT2D eigenvalue weighted by Gasteiger charge is 2.49. The summed E-state index contributed by atoms with van der Waals surface area (Å²) in [5.74, 6) is -0.0426. The molecule has 0 bridgehead atoms. The van der Waals surface area contributed by atoms with Crippen LogP contribution in [-0.4, -0.2) is 106 Å². The van der Waals surface area contributed by atoms with E-state index in [1.807, 2.05) is 20.8 Å². The Hall–Kier alpha value is -0.400. The first-order chi connectivity index (χ1) is 16.2. The van der Waals surface area contributed by atoms with Crippen molar-refractivity contribution >= 4 is 0 Å². The molecule has 2 heterocycles. The smallest absolute Gasteiger partial charge is 0.184 e. The van der Waals surface area contributed by atoms with Gasteiger partial charge in [-0.1, -0.05) is 27.7 Å². The Kier molecular flexibility index (Phi) is 10.5. The quantitative estimate of drug-likeness (QED) is 0.258. The number of hydrogen-bond donors (Lipinski definition) is 6. The largest absolute Gasteiger partial charge is 0.394 e. The third kappa shape index (κ3) is 6.47. The molecule has 0 radical (unpaired) electrons. The van der Waals surface area contributed by atoms with Crippen molar-refractivity contribution in [1.82, 2.24) is 5.32 Å². The molecule has 3 fully saturated rings. The van der Waals surface area contributed by atoms with E-state index in [0.717, 1.165) is 13.0 Å². The lowest BCUT2D eigenvalue weighted by Crippen LogP contribution is -2.63. The van der Waals surface area contributed by atoms with Crippen LogP contribution in [0.1, 0.15) is 59.8 Å². The van der Waals surface area contributed by atoms with Crippen molar-refractivity contribution in [2.75, 3.05) is 13.2 Å². The molecule has 13 atom stereocenters. The third-order valence-corrected chi connectivity index (χ3v) is 7.43. The van der Waals surface area contributed by atoms with Gasteiger partial charge < -0.3 is 49.8 Å². The van der Waals surface area contributed by atoms with Gasteiger partial charge in [0.15, 0.2) is 12.6 Å². The highest BCUT2D eigenvalue weighted by atomic mass is 16.7. The Morgan fingerprint density at radius 3 is 2.09 bits per heavy atom. The van der Waals surface area contributed by atoms with E-state index in [-0.39, 0.29) is 30.4 Å². The van der Waals surface area contributed by atoms with Gasteiger partial charge in [0.05, 0.1) is 31.0 Å². The Morgan fingerprint density at radius 1 is 0.794 bits per heavy atom. The van der Waals surface area contributed by atoms with Crippen LogP contribution in [0.2, 0.25) is 0 Å². The molecule has 200 valence electrons. The molecule has 0 amide bonds. The molecular weight excluding hydrogens is 446 g/mol. The summed E-state index contributed by atoms with van der Waals surface area (Å²) >= 11 is 0. The first-order valence-electron chi connectivity index (χ1n) is 12.9. The minimum absolute atomic E-state index is 0.00357. The zero-order valence-corrected chi connectivity index (χ0v) is 20.8. The molecule has 34 heavy (non-hydrogen) atoms. The van der Waals surface area contributed by atoms with E-state index in [0.29, 0.717) is 19.3 Å². The van der Waals surface area contributed by atoms with Gasteiger partial charge in [-0.15, -0.1) is 0 Å². The fourth-order valence-electron chi connectivity index (χ4n) is 5.39. The van der Waals surface area contributed by atoms with Crippen LogP contribution in [0.4, 0.5) is 0 Å². The summed E-state index contributed by atoms with van der Waals surface area (Å²) in [6, 6.07) is -0.199. The van der Waals surface area contributed by atoms with E-state index in [9.17, 15) is 25.5 Å². The summed E-state index contributed by atoms with van der Waals surface area (Å²) in [5, 5.41) is 55.1. The molecule has 3 rings (SSSR count). The van der Waals surface area contributed by atoms with E-state index in [1.54, 1.807) is 0 Å². The maximum Gasteiger partial charge on any atom is 0.184 e. The monoisotopic (exact) mass is 491 g/mol. The maximum atomic E-state index is 11.4. The predicted molar refractivity (Wildman–Crippen MR) is 123 cm³/mol. The standard InChI is InChI=1S/C24H45NO9/c1-5-7-25-14-8-12(3)21(33-23-13(4)9-15(27)18(6-2)31-23)20(30)22(14)34-24-17(29)10-16(28)19(11-26)32-24/h12-30H,5-11H2,1-4H3. The molecule has 13 unspecified atom stereocenters. The third-order valence-electron chi connectivity index (χ3n) is 7.43. The van der Waals surface area contributed by atoms with Gasteiger partial charge >= 0.3 is 0 Å². The number of rotatable bonds is 9. The zero-order valence-electron chi connectivity index (χ0n) is 20.8. The summed E-state index contributed by atoms with van der Waals surface area (Å²) in [6.07, 6.45) is -4.98. The molecular formula is C24H45NO9. The van der Waals surface area contributed by atoms with Gasteiger partial charge in [0.2, 0.25) is 0 Å². The van der Waals surface area contributed by atoms with Crippen LogP contribution in [0.3, 0.4) is 0 Å². The van der Waals surface area contributed by atoms with Crippen LogP contribution in [0.5, 0.6) is 0 Å². The predicted octanol–water partition coefficient (Wildman–Crippen LogP) is -0.123. The fraction of sp³-hybridized carbons (Fsp3) is 1.00. The molecule has 10 heteroatoms. The molecule has 0 aromatic rings. The van der Waals surface area contributed by atoms with E-state index in [4.69, 9.17) is 18.9 Å². The number of ether oxygens (including phenoxy) is 4. The maximum absolute atomic E-state index is 11.4. The van der Waals surface area contributed by atoms with Crippen LogP contribution in [-0.2, 0) is 18.9 Å². The molecule has 2 aliphatic heterocycles. The second-order valence-corrected chi connectivity index (χ2v) is 10.3. The summed E-state index contributed by atoms with van der Waals surface area (Å²) in [7, 11) is 0. The summed E-state index contributed by atoms with van der Waals surface area (Å²) in [4.78, 5) is 0. The van der Waals surface area contributed by atoms with E-state index in [1.165, 1.54) is 0 Å². The molecule has 1 saturated carbocycles. The second-order valence-electron chi connectivity index (χ2n) is 10.3. The van der Waals surface area contributed by atoms with Crippen LogP contribution >= 0.6 is 0 Å². The van der Waals surface area contributed by atoms with Crippen molar-refractivity contribution in [3.8, 4) is 0 Å². The van der Waals surface area contributed by atoms with Gasteiger partial charge in [-0.05, 0) is 38.1 Å². The molecule has 1 aliphatic carbocycles. The first-order valence-corrected chi connectivity index (χ1v) is 12.9. The van der Waals surface area contributed by atoms with E-state index < -0.39 is 61.9 Å². The Balaban J connectivity index is 1.74. The van der Waals surface area contributed by atoms with Crippen LogP contribution in [0, 0.1) is 11.8 Å². The highest BCUT2D eigenvalue weighted by Crippen LogP contribution is 2.36. The lowest BCUT2D eigenvalue weighted by Gasteiger charge is -2.48. The molecule has 0 aromatic heterocycles. The minimum Gasteiger partial charge on any atom is -0.394 e. The number of aliphatic hydroxyl groups is 5. The van der Waals surface area contributed by atoms with Crippen molar-refractivity contribution in [2.45, 2.75) is 127 Å². The van der Waals surface area contributed by atoms with E-state index >= 15 is 0 Å². The lowest BCUT2D eigenvalue weighted by atomic mass is 9.79. The van der Waals surface area contributed by atoms with Gasteiger partial charge in [0, 0.05) is 18.4 Å². The highest BCUT2D eigenvalue weighted by molar-refractivity contribution is 4.98. The molecule has 3 aliphatic rings. The van der Waals surface area contributed by atoms with Gasteiger partial charge in [0.1, 0.15) is 24.4 Å². The SMILES string of the molecule is CCCNC1CC(C)C(OC2OC(CC)C(O)CC2C)C(O)C1OC1OC(CO)C(O)CC1O. The van der Waals surface area contributed by atoms with Crippen LogP contribution in [0.15, 0.2) is 0 Å². The zero-order chi connectivity index (χ0) is 25.0. The topological polar surface area (TPSA) is 150 Å². The molecule has 10 nitrogen and oxygen atoms in total. The van der Waals surface area contributed by atoms with Gasteiger partial charge in [0.25, 0.3) is 0 Å². The summed E-state index contributed by atoms with van der Waals surface area (Å²) in [5.41, 5.74) is 0. The summed E-state index contributed by atoms with van der Waals surface area (Å²) in [6.45, 7) is 8.33. The second kappa shape index (κ2) is 12.7. The first kappa shape index (κ1) is 28.2. The van der Waals surface area contributed by atoms with Gasteiger partial charge in [-0.2, -0.15) is 0 Å². The van der Waals surface area contributed by atoms with Crippen molar-refractivity contribution in [3.63, 3.8) is 0 Å². The molecule has 0 spiro atoms. The molecule has 6 N–H and O–H groups in total. The number of aliphatic hydroxyl groups excluding tert-OH is 5. The van der Waals surface area contributed by atoms with Crippen molar-refractivity contribution < 1.29 is 44.5 Å².